The Kier molecular flexibility index (Phi) is 4.86. The molecule has 0 bridgehead atoms. The molecule has 1 aromatic rings. The van der Waals surface area contributed by atoms with Gasteiger partial charge in [0, 0.05) is 12.3 Å². The van der Waals surface area contributed by atoms with E-state index in [1.165, 1.54) is 19.2 Å². The highest BCUT2D eigenvalue weighted by Crippen LogP contribution is 2.26. The molecule has 0 radical (unpaired) electrons. The molecular weight excluding hydrogens is 240 g/mol. The monoisotopic (exact) mass is 252 g/mol. The molecule has 7 heteroatoms. The summed E-state index contributed by atoms with van der Waals surface area (Å²) in [6, 6.07) is 4.54. The standard InChI is InChI=1S/C8H12N2O3S.ClH/c1-13-7-5-6(10-9)3-4-8(7)14(2,11)12;/h3-5,10H,9H2,1-2H3;1H. The van der Waals surface area contributed by atoms with Crippen LogP contribution in [-0.4, -0.2) is 21.8 Å². The van der Waals surface area contributed by atoms with Crippen LogP contribution in [0.5, 0.6) is 5.75 Å². The summed E-state index contributed by atoms with van der Waals surface area (Å²) in [5, 5.41) is 0. The van der Waals surface area contributed by atoms with Crippen LogP contribution in [0.25, 0.3) is 0 Å². The maximum atomic E-state index is 11.3. The van der Waals surface area contributed by atoms with E-state index in [0.717, 1.165) is 6.26 Å². The van der Waals surface area contributed by atoms with Gasteiger partial charge in [-0.3, -0.25) is 5.84 Å². The Labute approximate surface area is 94.9 Å². The van der Waals surface area contributed by atoms with Gasteiger partial charge in [0.15, 0.2) is 9.84 Å². The van der Waals surface area contributed by atoms with E-state index in [0.29, 0.717) is 5.69 Å². The quantitative estimate of drug-likeness (QED) is 0.615. The molecule has 0 atom stereocenters. The van der Waals surface area contributed by atoms with Crippen LogP contribution in [0.4, 0.5) is 5.69 Å². The van der Waals surface area contributed by atoms with Crippen molar-refractivity contribution in [1.82, 2.24) is 0 Å². The Morgan fingerprint density at radius 1 is 1.40 bits per heavy atom. The van der Waals surface area contributed by atoms with Crippen molar-refractivity contribution in [2.75, 3.05) is 18.8 Å². The normalized spacial score (nSPS) is 10.3. The fourth-order valence-corrected chi connectivity index (χ4v) is 1.89. The van der Waals surface area contributed by atoms with Crippen LogP contribution >= 0.6 is 12.4 Å². The average molecular weight is 253 g/mol. The summed E-state index contributed by atoms with van der Waals surface area (Å²) in [5.74, 6) is 5.46. The van der Waals surface area contributed by atoms with Crippen LogP contribution in [0.3, 0.4) is 0 Å². The lowest BCUT2D eigenvalue weighted by Gasteiger charge is -2.08. The van der Waals surface area contributed by atoms with Crippen LogP contribution in [0, 0.1) is 0 Å². The van der Waals surface area contributed by atoms with E-state index in [-0.39, 0.29) is 23.1 Å². The highest BCUT2D eigenvalue weighted by Gasteiger charge is 2.13. The van der Waals surface area contributed by atoms with Crippen LogP contribution in [0.15, 0.2) is 23.1 Å². The number of nitrogens with one attached hydrogen (secondary N) is 1. The molecule has 0 amide bonds. The molecule has 0 aliphatic heterocycles. The predicted molar refractivity (Wildman–Crippen MR) is 61.2 cm³/mol. The number of hydrazine groups is 1. The second-order valence-electron chi connectivity index (χ2n) is 2.78. The number of hydrogen-bond donors (Lipinski definition) is 2. The van der Waals surface area contributed by atoms with Gasteiger partial charge in [-0.2, -0.15) is 0 Å². The Morgan fingerprint density at radius 3 is 2.40 bits per heavy atom. The number of anilines is 1. The van der Waals surface area contributed by atoms with Crippen molar-refractivity contribution in [3.63, 3.8) is 0 Å². The fraction of sp³-hybridized carbons (Fsp3) is 0.250. The molecule has 0 unspecified atom stereocenters. The Morgan fingerprint density at radius 2 is 2.00 bits per heavy atom. The number of methoxy groups -OCH3 is 1. The van der Waals surface area contributed by atoms with Gasteiger partial charge >= 0.3 is 0 Å². The Balaban J connectivity index is 0.00000196. The zero-order valence-corrected chi connectivity index (χ0v) is 9.98. The zero-order valence-electron chi connectivity index (χ0n) is 8.35. The largest absolute Gasteiger partial charge is 0.495 e. The highest BCUT2D eigenvalue weighted by atomic mass is 35.5. The number of halogens is 1. The van der Waals surface area contributed by atoms with Gasteiger partial charge in [0.05, 0.1) is 12.8 Å². The SMILES string of the molecule is COc1cc(NN)ccc1S(C)(=O)=O.Cl. The fourth-order valence-electron chi connectivity index (χ4n) is 1.06. The summed E-state index contributed by atoms with van der Waals surface area (Å²) in [5.41, 5.74) is 3.00. The van der Waals surface area contributed by atoms with Crippen molar-refractivity contribution in [3.8, 4) is 5.75 Å². The minimum Gasteiger partial charge on any atom is -0.495 e. The van der Waals surface area contributed by atoms with E-state index < -0.39 is 9.84 Å². The Hall–Kier alpha value is -0.980. The van der Waals surface area contributed by atoms with Crippen molar-refractivity contribution in [2.45, 2.75) is 4.90 Å². The second-order valence-corrected chi connectivity index (χ2v) is 4.77. The summed E-state index contributed by atoms with van der Waals surface area (Å²) in [7, 11) is -1.86. The number of hydrogen-bond acceptors (Lipinski definition) is 5. The average Bonchev–Trinajstić information content (AvgIpc) is 2.15. The van der Waals surface area contributed by atoms with Gasteiger partial charge in [-0.25, -0.2) is 8.42 Å². The first-order valence-corrected chi connectivity index (χ1v) is 5.73. The molecule has 86 valence electrons. The molecular formula is C8H13ClN2O3S. The first-order chi connectivity index (χ1) is 6.49. The third-order valence-corrected chi connectivity index (χ3v) is 2.87. The Bertz CT molecular complexity index is 434. The molecule has 0 saturated carbocycles. The summed E-state index contributed by atoms with van der Waals surface area (Å²) >= 11 is 0. The van der Waals surface area contributed by atoms with Crippen molar-refractivity contribution in [1.29, 1.82) is 0 Å². The molecule has 0 saturated heterocycles. The molecule has 1 rings (SSSR count). The van der Waals surface area contributed by atoms with Crippen LogP contribution in [0.1, 0.15) is 0 Å². The summed E-state index contributed by atoms with van der Waals surface area (Å²) < 4.78 is 27.5. The van der Waals surface area contributed by atoms with Gasteiger partial charge in [-0.05, 0) is 12.1 Å². The van der Waals surface area contributed by atoms with Crippen molar-refractivity contribution in [3.05, 3.63) is 18.2 Å². The second kappa shape index (κ2) is 5.20. The molecule has 0 heterocycles. The van der Waals surface area contributed by atoms with Gasteiger partial charge < -0.3 is 10.2 Å². The molecule has 3 N–H and O–H groups in total. The zero-order chi connectivity index (χ0) is 10.8. The molecule has 1 aromatic carbocycles. The number of rotatable bonds is 3. The lowest BCUT2D eigenvalue weighted by atomic mass is 10.3. The van der Waals surface area contributed by atoms with Gasteiger partial charge in [0.2, 0.25) is 0 Å². The maximum Gasteiger partial charge on any atom is 0.179 e. The van der Waals surface area contributed by atoms with Gasteiger partial charge in [-0.1, -0.05) is 0 Å². The number of ether oxygens (including phenoxy) is 1. The van der Waals surface area contributed by atoms with Crippen LogP contribution in [0.2, 0.25) is 0 Å². The van der Waals surface area contributed by atoms with Gasteiger partial charge in [-0.15, -0.1) is 12.4 Å². The van der Waals surface area contributed by atoms with E-state index in [1.807, 2.05) is 0 Å². The van der Waals surface area contributed by atoms with Crippen LogP contribution < -0.4 is 16.0 Å². The third kappa shape index (κ3) is 3.26. The maximum absolute atomic E-state index is 11.3. The summed E-state index contributed by atoms with van der Waals surface area (Å²) in [4.78, 5) is 0.152. The lowest BCUT2D eigenvalue weighted by Crippen LogP contribution is -2.08. The smallest absolute Gasteiger partial charge is 0.179 e. The number of nitrogens with two attached hydrogens (primary N) is 1. The van der Waals surface area contributed by atoms with Crippen molar-refractivity contribution < 1.29 is 13.2 Å². The van der Waals surface area contributed by atoms with E-state index in [9.17, 15) is 8.42 Å². The first kappa shape index (κ1) is 14.0. The number of sulfone groups is 1. The number of benzene rings is 1. The van der Waals surface area contributed by atoms with Crippen LogP contribution in [-0.2, 0) is 9.84 Å². The topological polar surface area (TPSA) is 81.4 Å². The van der Waals surface area contributed by atoms with E-state index in [1.54, 1.807) is 6.07 Å². The number of nitrogen functional groups attached to an aromatic ring is 1. The van der Waals surface area contributed by atoms with E-state index in [2.05, 4.69) is 5.43 Å². The van der Waals surface area contributed by atoms with Crippen molar-refractivity contribution >= 4 is 27.9 Å². The third-order valence-electron chi connectivity index (χ3n) is 1.73. The highest BCUT2D eigenvalue weighted by molar-refractivity contribution is 7.90. The molecule has 0 aliphatic carbocycles. The first-order valence-electron chi connectivity index (χ1n) is 3.83. The van der Waals surface area contributed by atoms with E-state index >= 15 is 0 Å². The van der Waals surface area contributed by atoms with Gasteiger partial charge in [0.25, 0.3) is 0 Å². The minimum absolute atomic E-state index is 0. The summed E-state index contributed by atoms with van der Waals surface area (Å²) in [6.45, 7) is 0. The predicted octanol–water partition coefficient (Wildman–Crippen LogP) is 0.806. The molecule has 0 aliphatic rings. The summed E-state index contributed by atoms with van der Waals surface area (Å²) in [6.07, 6.45) is 1.13. The molecule has 5 nitrogen and oxygen atoms in total. The lowest BCUT2D eigenvalue weighted by molar-refractivity contribution is 0.403. The minimum atomic E-state index is -3.26. The molecule has 0 fully saturated rings. The van der Waals surface area contributed by atoms with Crippen molar-refractivity contribution in [2.24, 2.45) is 5.84 Å². The molecule has 0 spiro atoms. The van der Waals surface area contributed by atoms with Gasteiger partial charge in [0.1, 0.15) is 10.6 Å². The molecule has 0 aromatic heterocycles. The molecule has 15 heavy (non-hydrogen) atoms. The van der Waals surface area contributed by atoms with E-state index in [4.69, 9.17) is 10.6 Å².